The molecule has 2 aliphatic heterocycles. The van der Waals surface area contributed by atoms with Crippen LogP contribution in [0.25, 0.3) is 0 Å². The molecule has 0 aromatic heterocycles. The first-order valence-corrected chi connectivity index (χ1v) is 17.5. The lowest BCUT2D eigenvalue weighted by atomic mass is 9.76. The number of alkyl carbamates (subject to hydrolysis) is 1. The van der Waals surface area contributed by atoms with Crippen molar-refractivity contribution in [1.29, 1.82) is 0 Å². The van der Waals surface area contributed by atoms with Crippen LogP contribution in [0.15, 0.2) is 42.5 Å². The molecule has 1 saturated carbocycles. The number of carbonyl (C=O) groups excluding carboxylic acids is 2. The van der Waals surface area contributed by atoms with Crippen LogP contribution in [-0.4, -0.2) is 81.5 Å². The highest BCUT2D eigenvalue weighted by atomic mass is 35.5. The summed E-state index contributed by atoms with van der Waals surface area (Å²) in [5, 5.41) is 9.14. The molecule has 0 spiro atoms. The van der Waals surface area contributed by atoms with Crippen LogP contribution in [0.4, 0.5) is 14.9 Å². The molecular weight excluding hydrogens is 623 g/mol. The summed E-state index contributed by atoms with van der Waals surface area (Å²) in [5.41, 5.74) is 1.36. The summed E-state index contributed by atoms with van der Waals surface area (Å²) in [5.74, 6) is -1.47. The smallest absolute Gasteiger partial charge is 0.407 e. The molecule has 1 aliphatic carbocycles. The Labute approximate surface area is 269 Å². The summed E-state index contributed by atoms with van der Waals surface area (Å²) < 4.78 is 54.1. The average Bonchev–Trinajstić information content (AvgIpc) is 3.88. The Morgan fingerprint density at radius 2 is 1.82 bits per heavy atom. The fraction of sp³-hybridized carbons (Fsp3) is 0.562. The number of nitrogens with one attached hydrogen (secondary N) is 3. The third kappa shape index (κ3) is 7.97. The second kappa shape index (κ2) is 14.8. The number of benzene rings is 2. The minimum Gasteiger partial charge on any atom is -0.453 e. The molecule has 5 rings (SSSR count). The molecule has 3 aliphatic rings. The van der Waals surface area contributed by atoms with E-state index >= 15 is 4.39 Å². The van der Waals surface area contributed by atoms with Gasteiger partial charge in [-0.1, -0.05) is 29.8 Å². The molecule has 2 heterocycles. The molecule has 3 N–H and O–H groups in total. The Balaban J connectivity index is 1.41. The predicted molar refractivity (Wildman–Crippen MR) is 170 cm³/mol. The first-order valence-electron chi connectivity index (χ1n) is 15.6. The molecule has 3 fully saturated rings. The maximum absolute atomic E-state index is 15.4. The first kappa shape index (κ1) is 33.6. The van der Waals surface area contributed by atoms with Crippen LogP contribution in [-0.2, 0) is 30.7 Å². The third-order valence-electron chi connectivity index (χ3n) is 9.09. The van der Waals surface area contributed by atoms with E-state index in [0.29, 0.717) is 63.4 Å². The van der Waals surface area contributed by atoms with Gasteiger partial charge in [0.25, 0.3) is 0 Å². The Kier molecular flexibility index (Phi) is 11.0. The van der Waals surface area contributed by atoms with Gasteiger partial charge < -0.3 is 25.4 Å². The van der Waals surface area contributed by atoms with E-state index < -0.39 is 39.8 Å². The van der Waals surface area contributed by atoms with Gasteiger partial charge in [0.15, 0.2) is 0 Å². The van der Waals surface area contributed by atoms with Crippen molar-refractivity contribution in [1.82, 2.24) is 14.9 Å². The lowest BCUT2D eigenvalue weighted by Gasteiger charge is -2.40. The van der Waals surface area contributed by atoms with Gasteiger partial charge in [0.2, 0.25) is 15.9 Å². The number of piperazine rings is 1. The predicted octanol–water partition coefficient (Wildman–Crippen LogP) is 4.44. The number of sulfonamides is 1. The highest BCUT2D eigenvalue weighted by Gasteiger charge is 2.46. The summed E-state index contributed by atoms with van der Waals surface area (Å²) in [7, 11) is -2.21. The maximum Gasteiger partial charge on any atom is 0.407 e. The van der Waals surface area contributed by atoms with Crippen molar-refractivity contribution in [2.75, 3.05) is 38.7 Å². The molecule has 0 radical (unpaired) electrons. The maximum atomic E-state index is 15.4. The van der Waals surface area contributed by atoms with Gasteiger partial charge in [0, 0.05) is 60.6 Å². The van der Waals surface area contributed by atoms with Gasteiger partial charge in [0.05, 0.1) is 12.4 Å². The van der Waals surface area contributed by atoms with E-state index in [2.05, 4.69) is 16.0 Å². The number of ether oxygens (including phenoxy) is 2. The Morgan fingerprint density at radius 1 is 1.11 bits per heavy atom. The summed E-state index contributed by atoms with van der Waals surface area (Å²) >= 11 is 6.17. The van der Waals surface area contributed by atoms with Crippen LogP contribution in [0.5, 0.6) is 0 Å². The van der Waals surface area contributed by atoms with Crippen LogP contribution in [0.1, 0.15) is 56.1 Å². The standard InChI is InChI=1S/C32H42ClFN4O6S/c1-20-18-35-19-24(38(20)45(41,42)25-11-12-25)10-13-26-27(34)4-3-5-28(26)36-31(39)30(37-32(40)43-2)29(22-14-16-44-17-15-22)21-6-8-23(33)9-7-21/h3-9,20,22,24-25,29-30,35H,10-19H2,1-2H3,(H,36,39)(H,37,40)/t20-,24-,29?,30-/m0/s1. The summed E-state index contributed by atoms with van der Waals surface area (Å²) in [6.45, 7) is 3.96. The zero-order valence-corrected chi connectivity index (χ0v) is 27.2. The third-order valence-corrected chi connectivity index (χ3v) is 11.9. The van der Waals surface area contributed by atoms with Crippen molar-refractivity contribution in [3.8, 4) is 0 Å². The minimum absolute atomic E-state index is 0.00000193. The van der Waals surface area contributed by atoms with E-state index in [4.69, 9.17) is 21.1 Å². The van der Waals surface area contributed by atoms with Crippen LogP contribution in [0, 0.1) is 11.7 Å². The van der Waals surface area contributed by atoms with Gasteiger partial charge in [0.1, 0.15) is 11.9 Å². The van der Waals surface area contributed by atoms with Gasteiger partial charge >= 0.3 is 6.09 Å². The lowest BCUT2D eigenvalue weighted by molar-refractivity contribution is -0.119. The largest absolute Gasteiger partial charge is 0.453 e. The number of anilines is 1. The summed E-state index contributed by atoms with van der Waals surface area (Å²) in [6, 6.07) is 10.0. The zero-order chi connectivity index (χ0) is 32.1. The molecule has 2 aromatic carbocycles. The Hall–Kier alpha value is -2.77. The lowest BCUT2D eigenvalue weighted by Crippen LogP contribution is -2.59. The topological polar surface area (TPSA) is 126 Å². The van der Waals surface area contributed by atoms with E-state index in [0.717, 1.165) is 5.56 Å². The van der Waals surface area contributed by atoms with Crippen molar-refractivity contribution in [2.24, 2.45) is 5.92 Å². The molecule has 2 amide bonds. The number of carbonyl (C=O) groups is 2. The van der Waals surface area contributed by atoms with Crippen molar-refractivity contribution in [3.63, 3.8) is 0 Å². The van der Waals surface area contributed by atoms with E-state index in [9.17, 15) is 18.0 Å². The second-order valence-electron chi connectivity index (χ2n) is 12.2. The summed E-state index contributed by atoms with van der Waals surface area (Å²) in [4.78, 5) is 26.7. The van der Waals surface area contributed by atoms with Gasteiger partial charge in [-0.3, -0.25) is 4.79 Å². The molecule has 246 valence electrons. The minimum atomic E-state index is -3.44. The molecule has 10 nitrogen and oxygen atoms in total. The Morgan fingerprint density at radius 3 is 2.49 bits per heavy atom. The Bertz CT molecular complexity index is 1450. The fourth-order valence-corrected chi connectivity index (χ4v) is 9.05. The van der Waals surface area contributed by atoms with E-state index in [-0.39, 0.29) is 40.9 Å². The van der Waals surface area contributed by atoms with Crippen molar-refractivity contribution >= 4 is 39.3 Å². The molecule has 4 atom stereocenters. The molecule has 0 bridgehead atoms. The summed E-state index contributed by atoms with van der Waals surface area (Å²) in [6.07, 6.45) is 2.50. The van der Waals surface area contributed by atoms with E-state index in [1.165, 1.54) is 19.2 Å². The van der Waals surface area contributed by atoms with Gasteiger partial charge in [-0.2, -0.15) is 4.31 Å². The SMILES string of the molecule is COC(=O)N[C@H](C(=O)Nc1cccc(F)c1CC[C@H]1CNC[C@H](C)N1S(=O)(=O)C1CC1)C(c1ccc(Cl)cc1)C1CCOCC1. The van der Waals surface area contributed by atoms with Crippen LogP contribution in [0.3, 0.4) is 0 Å². The first-order chi connectivity index (χ1) is 21.6. The highest BCUT2D eigenvalue weighted by Crippen LogP contribution is 2.37. The van der Waals surface area contributed by atoms with Gasteiger partial charge in [-0.25, -0.2) is 17.6 Å². The molecule has 2 saturated heterocycles. The number of rotatable bonds is 11. The zero-order valence-electron chi connectivity index (χ0n) is 25.6. The van der Waals surface area contributed by atoms with Crippen LogP contribution >= 0.6 is 11.6 Å². The number of nitrogens with zero attached hydrogens (tertiary/aromatic N) is 1. The van der Waals surface area contributed by atoms with Crippen molar-refractivity contribution < 1.29 is 31.9 Å². The average molecular weight is 665 g/mol. The van der Waals surface area contributed by atoms with Gasteiger partial charge in [-0.05, 0) is 81.2 Å². The molecule has 13 heteroatoms. The number of halogens is 2. The quantitative estimate of drug-likeness (QED) is 0.324. The number of amides is 2. The van der Waals surface area contributed by atoms with Crippen molar-refractivity contribution in [2.45, 2.75) is 74.7 Å². The highest BCUT2D eigenvalue weighted by molar-refractivity contribution is 7.90. The van der Waals surface area contributed by atoms with E-state index in [1.807, 2.05) is 19.1 Å². The van der Waals surface area contributed by atoms with Crippen LogP contribution < -0.4 is 16.0 Å². The van der Waals surface area contributed by atoms with Crippen LogP contribution in [0.2, 0.25) is 5.02 Å². The van der Waals surface area contributed by atoms with Crippen molar-refractivity contribution in [3.05, 3.63) is 64.4 Å². The fourth-order valence-electron chi connectivity index (χ4n) is 6.68. The van der Waals surface area contributed by atoms with Gasteiger partial charge in [-0.15, -0.1) is 0 Å². The second-order valence-corrected chi connectivity index (χ2v) is 14.7. The number of hydrogen-bond acceptors (Lipinski definition) is 7. The molecule has 2 aromatic rings. The number of hydrogen-bond donors (Lipinski definition) is 3. The molecule has 45 heavy (non-hydrogen) atoms. The van der Waals surface area contributed by atoms with E-state index in [1.54, 1.807) is 22.5 Å². The number of methoxy groups -OCH3 is 1. The molecular formula is C32H42ClFN4O6S. The monoisotopic (exact) mass is 664 g/mol. The molecule has 1 unspecified atom stereocenters. The normalized spacial score (nSPS) is 22.8.